The van der Waals surface area contributed by atoms with E-state index in [9.17, 15) is 4.79 Å². The zero-order chi connectivity index (χ0) is 13.4. The Kier molecular flexibility index (Phi) is 3.09. The second-order valence-electron chi connectivity index (χ2n) is 4.01. The highest BCUT2D eigenvalue weighted by Gasteiger charge is 2.16. The maximum Gasteiger partial charge on any atom is 0.231 e. The molecule has 0 saturated heterocycles. The fourth-order valence-electron chi connectivity index (χ4n) is 1.96. The first kappa shape index (κ1) is 12.3. The van der Waals surface area contributed by atoms with Gasteiger partial charge in [0, 0.05) is 5.56 Å². The lowest BCUT2D eigenvalue weighted by Crippen LogP contribution is -1.92. The first-order chi connectivity index (χ1) is 9.20. The minimum absolute atomic E-state index is 0.215. The molecule has 5 heteroatoms. The van der Waals surface area contributed by atoms with Crippen molar-refractivity contribution in [2.45, 2.75) is 0 Å². The maximum atomic E-state index is 11.0. The summed E-state index contributed by atoms with van der Waals surface area (Å²) in [5.74, 6) is 1.36. The molecular formula is C14H8Cl2O3. The van der Waals surface area contributed by atoms with Crippen LogP contribution in [0.2, 0.25) is 10.0 Å². The van der Waals surface area contributed by atoms with Crippen molar-refractivity contribution in [3.05, 3.63) is 45.9 Å². The van der Waals surface area contributed by atoms with Gasteiger partial charge in [0.1, 0.15) is 0 Å². The molecule has 3 nitrogen and oxygen atoms in total. The van der Waals surface area contributed by atoms with Gasteiger partial charge in [-0.05, 0) is 23.8 Å². The van der Waals surface area contributed by atoms with Crippen molar-refractivity contribution in [1.82, 2.24) is 0 Å². The van der Waals surface area contributed by atoms with Gasteiger partial charge in [-0.1, -0.05) is 35.3 Å². The van der Waals surface area contributed by atoms with Crippen LogP contribution in [0, 0.1) is 0 Å². The minimum atomic E-state index is 0.215. The van der Waals surface area contributed by atoms with E-state index < -0.39 is 0 Å². The Morgan fingerprint density at radius 1 is 1.05 bits per heavy atom. The largest absolute Gasteiger partial charge is 0.454 e. The summed E-state index contributed by atoms with van der Waals surface area (Å²) in [5, 5.41) is 0.672. The van der Waals surface area contributed by atoms with Crippen LogP contribution >= 0.6 is 23.2 Å². The van der Waals surface area contributed by atoms with Crippen LogP contribution in [0.3, 0.4) is 0 Å². The lowest BCUT2D eigenvalue weighted by Gasteiger charge is -2.08. The standard InChI is InChI=1S/C14H8Cl2O3/c15-11-3-2-9(14(16)10(11)6-17)8-1-4-12-13(5-8)19-7-18-12/h1-6H,7H2. The van der Waals surface area contributed by atoms with Gasteiger partial charge in [-0.3, -0.25) is 4.79 Å². The second kappa shape index (κ2) is 4.76. The molecule has 0 N–H and O–H groups in total. The molecule has 1 heterocycles. The average Bonchev–Trinajstić information content (AvgIpc) is 2.86. The van der Waals surface area contributed by atoms with Crippen molar-refractivity contribution in [1.29, 1.82) is 0 Å². The molecule has 0 saturated carbocycles. The summed E-state index contributed by atoms with van der Waals surface area (Å²) in [6.45, 7) is 0.215. The lowest BCUT2D eigenvalue weighted by atomic mass is 10.0. The van der Waals surface area contributed by atoms with Gasteiger partial charge in [0.05, 0.1) is 15.6 Å². The van der Waals surface area contributed by atoms with Gasteiger partial charge in [-0.2, -0.15) is 0 Å². The van der Waals surface area contributed by atoms with Gasteiger partial charge in [-0.25, -0.2) is 0 Å². The van der Waals surface area contributed by atoms with E-state index in [0.29, 0.717) is 33.4 Å². The van der Waals surface area contributed by atoms with E-state index in [2.05, 4.69) is 0 Å². The third kappa shape index (κ3) is 2.05. The molecule has 2 aromatic rings. The Morgan fingerprint density at radius 2 is 1.84 bits per heavy atom. The molecule has 19 heavy (non-hydrogen) atoms. The molecular weight excluding hydrogens is 287 g/mol. The Balaban J connectivity index is 2.15. The number of halogens is 2. The summed E-state index contributed by atoms with van der Waals surface area (Å²) < 4.78 is 10.6. The highest BCUT2D eigenvalue weighted by Crippen LogP contribution is 2.39. The Morgan fingerprint density at radius 3 is 2.63 bits per heavy atom. The van der Waals surface area contributed by atoms with Crippen LogP contribution in [-0.2, 0) is 0 Å². The molecule has 2 aromatic carbocycles. The number of hydrogen-bond donors (Lipinski definition) is 0. The SMILES string of the molecule is O=Cc1c(Cl)ccc(-c2ccc3c(c2)OCO3)c1Cl. The van der Waals surface area contributed by atoms with Crippen LogP contribution in [0.1, 0.15) is 10.4 Å². The van der Waals surface area contributed by atoms with E-state index in [1.165, 1.54) is 0 Å². The van der Waals surface area contributed by atoms with Crippen molar-refractivity contribution in [2.24, 2.45) is 0 Å². The molecule has 0 radical (unpaired) electrons. The normalized spacial score (nSPS) is 12.5. The fourth-order valence-corrected chi connectivity index (χ4v) is 2.53. The van der Waals surface area contributed by atoms with Crippen LogP contribution in [0.25, 0.3) is 11.1 Å². The van der Waals surface area contributed by atoms with Gasteiger partial charge in [0.25, 0.3) is 0 Å². The summed E-state index contributed by atoms with van der Waals surface area (Å²) >= 11 is 12.1. The summed E-state index contributed by atoms with van der Waals surface area (Å²) in [5.41, 5.74) is 1.86. The molecule has 96 valence electrons. The number of fused-ring (bicyclic) bond motifs is 1. The second-order valence-corrected chi connectivity index (χ2v) is 4.79. The third-order valence-electron chi connectivity index (χ3n) is 2.93. The Labute approximate surface area is 119 Å². The van der Waals surface area contributed by atoms with Crippen molar-refractivity contribution in [3.63, 3.8) is 0 Å². The predicted molar refractivity (Wildman–Crippen MR) is 73.4 cm³/mol. The number of hydrogen-bond acceptors (Lipinski definition) is 3. The highest BCUT2D eigenvalue weighted by molar-refractivity contribution is 6.40. The number of carbonyl (C=O) groups excluding carboxylic acids is 1. The number of rotatable bonds is 2. The average molecular weight is 295 g/mol. The summed E-state index contributed by atoms with van der Waals surface area (Å²) in [6.07, 6.45) is 0.654. The van der Waals surface area contributed by atoms with E-state index in [0.717, 1.165) is 11.1 Å². The van der Waals surface area contributed by atoms with Crippen molar-refractivity contribution >= 4 is 29.5 Å². The number of aldehydes is 1. The molecule has 0 aromatic heterocycles. The predicted octanol–water partition coefficient (Wildman–Crippen LogP) is 4.20. The van der Waals surface area contributed by atoms with E-state index >= 15 is 0 Å². The van der Waals surface area contributed by atoms with Crippen LogP contribution in [0.15, 0.2) is 30.3 Å². The monoisotopic (exact) mass is 294 g/mol. The first-order valence-corrected chi connectivity index (χ1v) is 6.29. The maximum absolute atomic E-state index is 11.0. The lowest BCUT2D eigenvalue weighted by molar-refractivity contribution is 0.112. The zero-order valence-electron chi connectivity index (χ0n) is 9.65. The number of ether oxygens (including phenoxy) is 2. The number of benzene rings is 2. The van der Waals surface area contributed by atoms with Crippen LogP contribution in [-0.4, -0.2) is 13.1 Å². The Bertz CT molecular complexity index is 668. The quantitative estimate of drug-likeness (QED) is 0.779. The van der Waals surface area contributed by atoms with E-state index in [1.807, 2.05) is 18.2 Å². The van der Waals surface area contributed by atoms with E-state index in [4.69, 9.17) is 32.7 Å². The molecule has 0 spiro atoms. The molecule has 0 bridgehead atoms. The Hall–Kier alpha value is -1.71. The van der Waals surface area contributed by atoms with Gasteiger partial charge in [0.15, 0.2) is 17.8 Å². The van der Waals surface area contributed by atoms with Crippen LogP contribution < -0.4 is 9.47 Å². The van der Waals surface area contributed by atoms with Gasteiger partial charge >= 0.3 is 0 Å². The van der Waals surface area contributed by atoms with E-state index in [1.54, 1.807) is 12.1 Å². The molecule has 0 atom stereocenters. The minimum Gasteiger partial charge on any atom is -0.454 e. The fraction of sp³-hybridized carbons (Fsp3) is 0.0714. The van der Waals surface area contributed by atoms with Gasteiger partial charge in [0.2, 0.25) is 6.79 Å². The molecule has 0 aliphatic carbocycles. The summed E-state index contributed by atoms with van der Waals surface area (Å²) in [6, 6.07) is 8.92. The van der Waals surface area contributed by atoms with Gasteiger partial charge in [-0.15, -0.1) is 0 Å². The molecule has 0 unspecified atom stereocenters. The number of carbonyl (C=O) groups is 1. The zero-order valence-corrected chi connectivity index (χ0v) is 11.2. The van der Waals surface area contributed by atoms with Crippen molar-refractivity contribution < 1.29 is 14.3 Å². The van der Waals surface area contributed by atoms with Crippen molar-refractivity contribution in [3.8, 4) is 22.6 Å². The molecule has 1 aliphatic rings. The van der Waals surface area contributed by atoms with Crippen LogP contribution in [0.5, 0.6) is 11.5 Å². The molecule has 3 rings (SSSR count). The molecule has 0 amide bonds. The smallest absolute Gasteiger partial charge is 0.231 e. The summed E-state index contributed by atoms with van der Waals surface area (Å²) in [4.78, 5) is 11.0. The summed E-state index contributed by atoms with van der Waals surface area (Å²) in [7, 11) is 0. The van der Waals surface area contributed by atoms with Crippen molar-refractivity contribution in [2.75, 3.05) is 6.79 Å². The van der Waals surface area contributed by atoms with E-state index in [-0.39, 0.29) is 6.79 Å². The third-order valence-corrected chi connectivity index (χ3v) is 3.66. The van der Waals surface area contributed by atoms with Gasteiger partial charge < -0.3 is 9.47 Å². The highest BCUT2D eigenvalue weighted by atomic mass is 35.5. The molecule has 1 aliphatic heterocycles. The van der Waals surface area contributed by atoms with Crippen LogP contribution in [0.4, 0.5) is 0 Å². The first-order valence-electron chi connectivity index (χ1n) is 5.54. The topological polar surface area (TPSA) is 35.5 Å². The molecule has 0 fully saturated rings.